The van der Waals surface area contributed by atoms with E-state index in [1.54, 1.807) is 30.3 Å². The summed E-state index contributed by atoms with van der Waals surface area (Å²) >= 11 is 0. The lowest BCUT2D eigenvalue weighted by Gasteiger charge is -2.15. The van der Waals surface area contributed by atoms with Crippen LogP contribution in [0.4, 0.5) is 13.2 Å². The predicted molar refractivity (Wildman–Crippen MR) is 64.8 cm³/mol. The van der Waals surface area contributed by atoms with Gasteiger partial charge in [-0.1, -0.05) is 42.5 Å². The molecule has 2 rings (SSSR count). The highest BCUT2D eigenvalue weighted by atomic mass is 19.4. The maximum Gasteiger partial charge on any atom is 0.416 e. The van der Waals surface area contributed by atoms with Crippen molar-refractivity contribution >= 4 is 0 Å². The summed E-state index contributed by atoms with van der Waals surface area (Å²) in [6.07, 6.45) is -4.38. The number of hydrogen-bond donors (Lipinski definition) is 1. The van der Waals surface area contributed by atoms with Gasteiger partial charge >= 0.3 is 6.18 Å². The van der Waals surface area contributed by atoms with Crippen LogP contribution in [0.2, 0.25) is 0 Å². The second-order valence-electron chi connectivity index (χ2n) is 3.90. The molecule has 0 aliphatic rings. The molecular weight excluding hydrogens is 239 g/mol. The van der Waals surface area contributed by atoms with Gasteiger partial charge in [0.2, 0.25) is 0 Å². The Morgan fingerprint density at radius 2 is 1.56 bits per heavy atom. The summed E-state index contributed by atoms with van der Waals surface area (Å²) in [5.74, 6) is 0. The van der Waals surface area contributed by atoms with Gasteiger partial charge in [0.25, 0.3) is 0 Å². The van der Waals surface area contributed by atoms with Crippen LogP contribution in [-0.4, -0.2) is 0 Å². The topological polar surface area (TPSA) is 26.0 Å². The van der Waals surface area contributed by atoms with Crippen LogP contribution in [0.1, 0.15) is 11.1 Å². The zero-order chi connectivity index (χ0) is 13.2. The van der Waals surface area contributed by atoms with Gasteiger partial charge in [0, 0.05) is 6.54 Å². The number of benzene rings is 2. The summed E-state index contributed by atoms with van der Waals surface area (Å²) in [6, 6.07) is 13.1. The molecule has 0 saturated carbocycles. The van der Waals surface area contributed by atoms with E-state index < -0.39 is 11.7 Å². The lowest BCUT2D eigenvalue weighted by atomic mass is 9.95. The van der Waals surface area contributed by atoms with E-state index in [9.17, 15) is 13.2 Å². The van der Waals surface area contributed by atoms with Crippen molar-refractivity contribution in [1.29, 1.82) is 0 Å². The molecule has 0 unspecified atom stereocenters. The molecule has 1 nitrogen and oxygen atoms in total. The van der Waals surface area contributed by atoms with Gasteiger partial charge in [-0.25, -0.2) is 0 Å². The van der Waals surface area contributed by atoms with Gasteiger partial charge in [-0.15, -0.1) is 0 Å². The monoisotopic (exact) mass is 251 g/mol. The van der Waals surface area contributed by atoms with Crippen LogP contribution < -0.4 is 5.73 Å². The molecule has 0 saturated heterocycles. The fourth-order valence-corrected chi connectivity index (χ4v) is 1.96. The number of alkyl halides is 3. The van der Waals surface area contributed by atoms with Crippen molar-refractivity contribution in [2.75, 3.05) is 0 Å². The van der Waals surface area contributed by atoms with Gasteiger partial charge in [0.15, 0.2) is 0 Å². The van der Waals surface area contributed by atoms with Crippen LogP contribution in [0.15, 0.2) is 48.5 Å². The summed E-state index contributed by atoms with van der Waals surface area (Å²) in [5, 5.41) is 0. The highest BCUT2D eigenvalue weighted by Crippen LogP contribution is 2.36. The lowest BCUT2D eigenvalue weighted by Crippen LogP contribution is -2.13. The molecule has 0 heterocycles. The Kier molecular flexibility index (Phi) is 3.39. The van der Waals surface area contributed by atoms with Gasteiger partial charge in [-0.2, -0.15) is 13.2 Å². The quantitative estimate of drug-likeness (QED) is 0.862. The Bertz CT molecular complexity index is 532. The van der Waals surface area contributed by atoms with Crippen molar-refractivity contribution in [3.05, 3.63) is 59.7 Å². The van der Waals surface area contributed by atoms with E-state index in [1.807, 2.05) is 6.07 Å². The zero-order valence-electron chi connectivity index (χ0n) is 9.54. The molecule has 0 atom stereocenters. The van der Waals surface area contributed by atoms with Crippen LogP contribution in [-0.2, 0) is 12.7 Å². The minimum Gasteiger partial charge on any atom is -0.326 e. The summed E-state index contributed by atoms with van der Waals surface area (Å²) in [5.41, 5.74) is 6.24. The molecule has 0 bridgehead atoms. The summed E-state index contributed by atoms with van der Waals surface area (Å²) in [7, 11) is 0. The van der Waals surface area contributed by atoms with Gasteiger partial charge in [-0.05, 0) is 22.8 Å². The first-order valence-corrected chi connectivity index (χ1v) is 5.48. The second-order valence-corrected chi connectivity index (χ2v) is 3.90. The van der Waals surface area contributed by atoms with Crippen LogP contribution in [0.25, 0.3) is 11.1 Å². The molecular formula is C14H12F3N. The normalized spacial score (nSPS) is 11.6. The van der Waals surface area contributed by atoms with E-state index in [0.717, 1.165) is 11.6 Å². The molecule has 94 valence electrons. The Labute approximate surface area is 103 Å². The Balaban J connectivity index is 2.63. The minimum absolute atomic E-state index is 0.135. The summed E-state index contributed by atoms with van der Waals surface area (Å²) < 4.78 is 38.6. The van der Waals surface area contributed by atoms with Crippen molar-refractivity contribution in [3.8, 4) is 11.1 Å². The standard InChI is InChI=1S/C14H12F3N/c15-14(16,17)13-8-4-7-11(12(13)9-18)10-5-2-1-3-6-10/h1-8H,9,18H2. The van der Waals surface area contributed by atoms with E-state index >= 15 is 0 Å². The number of rotatable bonds is 2. The first-order valence-electron chi connectivity index (χ1n) is 5.48. The first-order chi connectivity index (χ1) is 8.54. The van der Waals surface area contributed by atoms with E-state index in [-0.39, 0.29) is 12.1 Å². The highest BCUT2D eigenvalue weighted by molar-refractivity contribution is 5.69. The van der Waals surface area contributed by atoms with E-state index in [2.05, 4.69) is 0 Å². The fourth-order valence-electron chi connectivity index (χ4n) is 1.96. The molecule has 0 aromatic heterocycles. The minimum atomic E-state index is -4.38. The van der Waals surface area contributed by atoms with Crippen molar-refractivity contribution in [2.24, 2.45) is 5.73 Å². The van der Waals surface area contributed by atoms with Crippen molar-refractivity contribution in [3.63, 3.8) is 0 Å². The van der Waals surface area contributed by atoms with Crippen LogP contribution in [0, 0.1) is 0 Å². The molecule has 4 heteroatoms. The van der Waals surface area contributed by atoms with Crippen LogP contribution >= 0.6 is 0 Å². The summed E-state index contributed by atoms with van der Waals surface area (Å²) in [6.45, 7) is -0.139. The molecule has 0 aliphatic carbocycles. The molecule has 0 spiro atoms. The van der Waals surface area contributed by atoms with Crippen molar-refractivity contribution in [2.45, 2.75) is 12.7 Å². The molecule has 2 N–H and O–H groups in total. The van der Waals surface area contributed by atoms with Crippen LogP contribution in [0.5, 0.6) is 0 Å². The fraction of sp³-hybridized carbons (Fsp3) is 0.143. The third-order valence-electron chi connectivity index (χ3n) is 2.77. The third kappa shape index (κ3) is 2.38. The Morgan fingerprint density at radius 1 is 0.889 bits per heavy atom. The first kappa shape index (κ1) is 12.6. The van der Waals surface area contributed by atoms with Gasteiger partial charge in [0.1, 0.15) is 0 Å². The molecule has 2 aromatic rings. The summed E-state index contributed by atoms with van der Waals surface area (Å²) in [4.78, 5) is 0. The van der Waals surface area contributed by atoms with Crippen LogP contribution in [0.3, 0.4) is 0 Å². The molecule has 0 aliphatic heterocycles. The number of nitrogens with two attached hydrogens (primary N) is 1. The van der Waals surface area contributed by atoms with E-state index in [0.29, 0.717) is 5.56 Å². The second kappa shape index (κ2) is 4.82. The number of hydrogen-bond acceptors (Lipinski definition) is 1. The van der Waals surface area contributed by atoms with E-state index in [4.69, 9.17) is 5.73 Å². The molecule has 2 aromatic carbocycles. The molecule has 18 heavy (non-hydrogen) atoms. The predicted octanol–water partition coefficient (Wildman–Crippen LogP) is 3.83. The van der Waals surface area contributed by atoms with Gasteiger partial charge in [0.05, 0.1) is 5.56 Å². The number of halogens is 3. The average Bonchev–Trinajstić information content (AvgIpc) is 2.37. The highest BCUT2D eigenvalue weighted by Gasteiger charge is 2.33. The molecule has 0 radical (unpaired) electrons. The molecule has 0 amide bonds. The van der Waals surface area contributed by atoms with Crippen molar-refractivity contribution in [1.82, 2.24) is 0 Å². The Hall–Kier alpha value is -1.81. The largest absolute Gasteiger partial charge is 0.416 e. The lowest BCUT2D eigenvalue weighted by molar-refractivity contribution is -0.138. The maximum atomic E-state index is 12.9. The smallest absolute Gasteiger partial charge is 0.326 e. The van der Waals surface area contributed by atoms with Gasteiger partial charge < -0.3 is 5.73 Å². The molecule has 0 fully saturated rings. The third-order valence-corrected chi connectivity index (χ3v) is 2.77. The van der Waals surface area contributed by atoms with E-state index in [1.165, 1.54) is 6.07 Å². The van der Waals surface area contributed by atoms with Gasteiger partial charge in [-0.3, -0.25) is 0 Å². The Morgan fingerprint density at radius 3 is 2.11 bits per heavy atom. The average molecular weight is 251 g/mol. The zero-order valence-corrected chi connectivity index (χ0v) is 9.54. The maximum absolute atomic E-state index is 12.9. The van der Waals surface area contributed by atoms with Crippen molar-refractivity contribution < 1.29 is 13.2 Å². The SMILES string of the molecule is NCc1c(-c2ccccc2)cccc1C(F)(F)F.